The van der Waals surface area contributed by atoms with E-state index in [4.69, 9.17) is 9.47 Å². The van der Waals surface area contributed by atoms with Crippen molar-refractivity contribution in [1.29, 1.82) is 0 Å². The first-order valence-electron chi connectivity index (χ1n) is 13.4. The number of phenolic OH excluding ortho intramolecular Hbond substituents is 1. The lowest BCUT2D eigenvalue weighted by molar-refractivity contribution is -0.140. The SMILES string of the molecule is COc1ccccc1[C@H]1CC(=O)C2=C(C1)NC(C)=C(C(=O)OCc1ccc(NC(C)=O)cc1)[C@H]2c1cccc(O)c1. The summed E-state index contributed by atoms with van der Waals surface area (Å²) >= 11 is 0. The summed E-state index contributed by atoms with van der Waals surface area (Å²) in [6.45, 7) is 3.25. The molecule has 41 heavy (non-hydrogen) atoms. The Hall–Kier alpha value is -4.85. The molecule has 0 saturated heterocycles. The molecule has 1 aliphatic carbocycles. The van der Waals surface area contributed by atoms with E-state index in [0.717, 1.165) is 22.6 Å². The van der Waals surface area contributed by atoms with Crippen molar-refractivity contribution in [2.45, 2.75) is 45.1 Å². The lowest BCUT2D eigenvalue weighted by atomic mass is 9.71. The number of para-hydroxylation sites is 1. The number of amides is 1. The Bertz CT molecular complexity index is 1570. The maximum absolute atomic E-state index is 13.8. The van der Waals surface area contributed by atoms with E-state index in [1.54, 1.807) is 62.6 Å². The number of Topliss-reactive ketones (excluding diaryl/α,β-unsaturated/α-hetero) is 1. The number of hydrogen-bond donors (Lipinski definition) is 3. The second-order valence-electron chi connectivity index (χ2n) is 10.3. The first-order valence-corrected chi connectivity index (χ1v) is 13.4. The number of aromatic hydroxyl groups is 1. The predicted molar refractivity (Wildman–Crippen MR) is 154 cm³/mol. The molecule has 5 rings (SSSR count). The molecular weight excluding hydrogens is 520 g/mol. The third-order valence-electron chi connectivity index (χ3n) is 7.47. The Balaban J connectivity index is 1.45. The first kappa shape index (κ1) is 27.7. The number of carbonyl (C=O) groups is 3. The number of carbonyl (C=O) groups excluding carboxylic acids is 3. The number of esters is 1. The smallest absolute Gasteiger partial charge is 0.337 e. The zero-order valence-electron chi connectivity index (χ0n) is 23.2. The zero-order valence-corrected chi connectivity index (χ0v) is 23.2. The van der Waals surface area contributed by atoms with E-state index in [9.17, 15) is 19.5 Å². The summed E-state index contributed by atoms with van der Waals surface area (Å²) in [5.74, 6) is -0.806. The molecule has 0 saturated carbocycles. The molecule has 210 valence electrons. The highest BCUT2D eigenvalue weighted by atomic mass is 16.5. The normalized spacial score (nSPS) is 18.4. The van der Waals surface area contributed by atoms with Crippen LogP contribution >= 0.6 is 0 Å². The van der Waals surface area contributed by atoms with E-state index in [-0.39, 0.29) is 36.4 Å². The fourth-order valence-corrected chi connectivity index (χ4v) is 5.69. The van der Waals surface area contributed by atoms with Crippen LogP contribution in [0.25, 0.3) is 0 Å². The lowest BCUT2D eigenvalue weighted by Gasteiger charge is -2.37. The number of anilines is 1. The highest BCUT2D eigenvalue weighted by Crippen LogP contribution is 2.47. The number of nitrogens with one attached hydrogen (secondary N) is 2. The number of ether oxygens (including phenoxy) is 2. The van der Waals surface area contributed by atoms with Crippen LogP contribution in [-0.4, -0.2) is 29.9 Å². The minimum atomic E-state index is -0.695. The number of hydrogen-bond acceptors (Lipinski definition) is 7. The molecule has 3 aromatic rings. The van der Waals surface area contributed by atoms with Gasteiger partial charge in [-0.2, -0.15) is 0 Å². The lowest BCUT2D eigenvalue weighted by Crippen LogP contribution is -2.36. The quantitative estimate of drug-likeness (QED) is 0.333. The number of methoxy groups -OCH3 is 1. The highest BCUT2D eigenvalue weighted by Gasteiger charge is 2.42. The van der Waals surface area contributed by atoms with Gasteiger partial charge in [-0.25, -0.2) is 4.79 Å². The van der Waals surface area contributed by atoms with Crippen LogP contribution in [0, 0.1) is 0 Å². The molecule has 8 nitrogen and oxygen atoms in total. The molecule has 3 aromatic carbocycles. The summed E-state index contributed by atoms with van der Waals surface area (Å²) in [5.41, 5.74) is 5.18. The van der Waals surface area contributed by atoms with E-state index in [1.165, 1.54) is 6.92 Å². The molecule has 1 heterocycles. The Labute approximate surface area is 238 Å². The summed E-state index contributed by atoms with van der Waals surface area (Å²) in [6, 6.07) is 21.4. The standard InChI is InChI=1S/C33H32N2O6/c1-19-30(33(39)41-18-21-11-13-24(14-12-21)35-20(2)36)31(22-7-6-8-25(37)15-22)32-27(34-19)16-23(17-28(32)38)26-9-4-5-10-29(26)40-3/h4-15,23,31,34,37H,16-18H2,1-3H3,(H,35,36)/t23-,31-/m1/s1. The van der Waals surface area contributed by atoms with Gasteiger partial charge in [-0.05, 0) is 60.4 Å². The van der Waals surface area contributed by atoms with Crippen LogP contribution in [0.3, 0.4) is 0 Å². The number of dihydropyridines is 1. The predicted octanol–water partition coefficient (Wildman–Crippen LogP) is 5.46. The van der Waals surface area contributed by atoms with Crippen molar-refractivity contribution in [3.8, 4) is 11.5 Å². The molecule has 0 bridgehead atoms. The molecule has 2 aliphatic rings. The summed E-state index contributed by atoms with van der Waals surface area (Å²) in [6.07, 6.45) is 0.829. The van der Waals surface area contributed by atoms with Crippen LogP contribution < -0.4 is 15.4 Å². The van der Waals surface area contributed by atoms with Gasteiger partial charge in [-0.1, -0.05) is 42.5 Å². The van der Waals surface area contributed by atoms with Crippen LogP contribution in [0.2, 0.25) is 0 Å². The molecular formula is C33H32N2O6. The molecule has 0 fully saturated rings. The topological polar surface area (TPSA) is 114 Å². The van der Waals surface area contributed by atoms with E-state index in [2.05, 4.69) is 10.6 Å². The van der Waals surface area contributed by atoms with E-state index < -0.39 is 11.9 Å². The largest absolute Gasteiger partial charge is 0.508 e. The van der Waals surface area contributed by atoms with Gasteiger partial charge < -0.3 is 25.2 Å². The maximum Gasteiger partial charge on any atom is 0.337 e. The summed E-state index contributed by atoms with van der Waals surface area (Å²) in [7, 11) is 1.62. The fraction of sp³-hybridized carbons (Fsp3) is 0.242. The molecule has 2 atom stereocenters. The molecule has 8 heteroatoms. The van der Waals surface area contributed by atoms with Gasteiger partial charge in [0, 0.05) is 47.8 Å². The number of benzene rings is 3. The van der Waals surface area contributed by atoms with Gasteiger partial charge in [-0.15, -0.1) is 0 Å². The summed E-state index contributed by atoms with van der Waals surface area (Å²) < 4.78 is 11.3. The van der Waals surface area contributed by atoms with Crippen LogP contribution in [0.5, 0.6) is 11.5 Å². The Morgan fingerprint density at radius 1 is 1.02 bits per heavy atom. The third-order valence-corrected chi connectivity index (χ3v) is 7.47. The zero-order chi connectivity index (χ0) is 29.1. The average molecular weight is 553 g/mol. The van der Waals surface area contributed by atoms with Crippen molar-refractivity contribution in [2.24, 2.45) is 0 Å². The number of rotatable bonds is 7. The van der Waals surface area contributed by atoms with Gasteiger partial charge in [0.1, 0.15) is 18.1 Å². The highest BCUT2D eigenvalue weighted by molar-refractivity contribution is 6.04. The summed E-state index contributed by atoms with van der Waals surface area (Å²) in [5, 5.41) is 16.3. The van der Waals surface area contributed by atoms with E-state index >= 15 is 0 Å². The van der Waals surface area contributed by atoms with Gasteiger partial charge >= 0.3 is 5.97 Å². The van der Waals surface area contributed by atoms with Gasteiger partial charge in [-0.3, -0.25) is 9.59 Å². The minimum Gasteiger partial charge on any atom is -0.508 e. The monoisotopic (exact) mass is 552 g/mol. The number of allylic oxidation sites excluding steroid dienone is 3. The molecule has 0 spiro atoms. The average Bonchev–Trinajstić information content (AvgIpc) is 2.95. The molecule has 1 amide bonds. The minimum absolute atomic E-state index is 0.0124. The molecule has 0 radical (unpaired) electrons. The van der Waals surface area contributed by atoms with Crippen LogP contribution in [-0.2, 0) is 25.7 Å². The number of ketones is 1. The van der Waals surface area contributed by atoms with E-state index in [1.807, 2.05) is 24.3 Å². The Kier molecular flexibility index (Phi) is 7.92. The molecule has 0 aromatic heterocycles. The van der Waals surface area contributed by atoms with Gasteiger partial charge in [0.2, 0.25) is 5.91 Å². The Morgan fingerprint density at radius 3 is 2.49 bits per heavy atom. The van der Waals surface area contributed by atoms with Crippen molar-refractivity contribution in [3.05, 3.63) is 112 Å². The second-order valence-corrected chi connectivity index (χ2v) is 10.3. The summed E-state index contributed by atoms with van der Waals surface area (Å²) in [4.78, 5) is 38.8. The van der Waals surface area contributed by atoms with Crippen LogP contribution in [0.4, 0.5) is 5.69 Å². The molecule has 1 aliphatic heterocycles. The third kappa shape index (κ3) is 5.87. The van der Waals surface area contributed by atoms with Crippen molar-refractivity contribution in [1.82, 2.24) is 5.32 Å². The molecule has 3 N–H and O–H groups in total. The molecule has 0 unspecified atom stereocenters. The van der Waals surface area contributed by atoms with Crippen LogP contribution in [0.15, 0.2) is 95.3 Å². The van der Waals surface area contributed by atoms with Crippen LogP contribution in [0.1, 0.15) is 55.2 Å². The number of phenols is 1. The van der Waals surface area contributed by atoms with Crippen molar-refractivity contribution >= 4 is 23.3 Å². The Morgan fingerprint density at radius 2 is 1.78 bits per heavy atom. The van der Waals surface area contributed by atoms with Gasteiger partial charge in [0.05, 0.1) is 12.7 Å². The van der Waals surface area contributed by atoms with Gasteiger partial charge in [0.25, 0.3) is 0 Å². The van der Waals surface area contributed by atoms with E-state index in [0.29, 0.717) is 34.5 Å². The fourth-order valence-electron chi connectivity index (χ4n) is 5.69. The van der Waals surface area contributed by atoms with Crippen molar-refractivity contribution in [3.63, 3.8) is 0 Å². The maximum atomic E-state index is 13.8. The van der Waals surface area contributed by atoms with Crippen molar-refractivity contribution in [2.75, 3.05) is 12.4 Å². The van der Waals surface area contributed by atoms with Gasteiger partial charge in [0.15, 0.2) is 5.78 Å². The second kappa shape index (κ2) is 11.7. The first-order chi connectivity index (χ1) is 19.7. The van der Waals surface area contributed by atoms with Crippen molar-refractivity contribution < 1.29 is 29.0 Å².